The first-order valence-electron chi connectivity index (χ1n) is 15.5. The van der Waals surface area contributed by atoms with Crippen LogP contribution >= 0.6 is 38.9 Å². The van der Waals surface area contributed by atoms with Crippen molar-refractivity contribution in [3.05, 3.63) is 122 Å². The highest BCUT2D eigenvalue weighted by molar-refractivity contribution is 9.10. The number of benzene rings is 3. The molecule has 0 spiro atoms. The minimum absolute atomic E-state index is 0.0207. The van der Waals surface area contributed by atoms with Crippen molar-refractivity contribution >= 4 is 62.6 Å². The minimum Gasteiger partial charge on any atom is -0.490 e. The van der Waals surface area contributed by atoms with E-state index in [1.54, 1.807) is 69.3 Å². The second-order valence-corrected chi connectivity index (χ2v) is 13.1. The molecule has 0 fully saturated rings. The van der Waals surface area contributed by atoms with E-state index in [0.717, 1.165) is 16.9 Å². The van der Waals surface area contributed by atoms with Gasteiger partial charge in [0.1, 0.15) is 6.61 Å². The number of nitro groups is 1. The molecular formula is C35H31BrClN3O10S. The molecule has 0 N–H and O–H groups in total. The maximum Gasteiger partial charge on any atom is 0.343 e. The molecule has 13 nitrogen and oxygen atoms in total. The number of allylic oxidation sites excluding steroid dienone is 1. The normalized spacial score (nSPS) is 14.0. The summed E-state index contributed by atoms with van der Waals surface area (Å²) in [7, 11) is 1.24. The van der Waals surface area contributed by atoms with Gasteiger partial charge >= 0.3 is 17.6 Å². The summed E-state index contributed by atoms with van der Waals surface area (Å²) in [6.45, 7) is 5.13. The first-order chi connectivity index (χ1) is 24.4. The molecule has 0 amide bonds. The van der Waals surface area contributed by atoms with Gasteiger partial charge in [0.25, 0.3) is 5.56 Å². The molecule has 1 aromatic heterocycles. The van der Waals surface area contributed by atoms with Gasteiger partial charge < -0.3 is 23.7 Å². The summed E-state index contributed by atoms with van der Waals surface area (Å²) < 4.78 is 29.2. The van der Waals surface area contributed by atoms with Crippen molar-refractivity contribution in [3.8, 4) is 17.2 Å². The second-order valence-electron chi connectivity index (χ2n) is 10.8. The third kappa shape index (κ3) is 8.32. The lowest BCUT2D eigenvalue weighted by molar-refractivity contribution is -0.386. The highest BCUT2D eigenvalue weighted by Gasteiger charge is 2.34. The van der Waals surface area contributed by atoms with Crippen LogP contribution in [0.3, 0.4) is 0 Å². The molecule has 3 aromatic carbocycles. The molecule has 0 saturated heterocycles. The number of hydrogen-bond acceptors (Lipinski definition) is 12. The molecule has 0 saturated carbocycles. The zero-order valence-electron chi connectivity index (χ0n) is 27.8. The first-order valence-corrected chi connectivity index (χ1v) is 17.5. The highest BCUT2D eigenvalue weighted by Crippen LogP contribution is 2.38. The van der Waals surface area contributed by atoms with Crippen LogP contribution in [-0.2, 0) is 25.7 Å². The van der Waals surface area contributed by atoms with Gasteiger partial charge in [-0.25, -0.2) is 14.6 Å². The smallest absolute Gasteiger partial charge is 0.343 e. The molecule has 5 rings (SSSR count). The van der Waals surface area contributed by atoms with Crippen molar-refractivity contribution < 1.29 is 38.2 Å². The quantitative estimate of drug-likeness (QED) is 0.0940. The number of esters is 2. The molecule has 1 aliphatic rings. The molecule has 1 aliphatic heterocycles. The Kier molecular flexibility index (Phi) is 12.0. The zero-order chi connectivity index (χ0) is 36.8. The van der Waals surface area contributed by atoms with Crippen LogP contribution in [0.25, 0.3) is 6.08 Å². The molecule has 266 valence electrons. The standard InChI is InChI=1S/C35H31BrClN3O10S/c1-5-47-27-16-22(9-12-26(27)49-18-29(41)46-4)31-30(34(43)48-6-2)19(3)38-35-39(31)33(42)28(51-35)15-21-13-24(36)32(25(14-21)40(44)45)50-17-20-7-10-23(37)11-8-20/h7-16,31H,5-6,17-18H2,1-4H3/b28-15+/t31-/m1/s1. The Morgan fingerprint density at radius 2 is 1.80 bits per heavy atom. The van der Waals surface area contributed by atoms with Crippen LogP contribution < -0.4 is 29.1 Å². The van der Waals surface area contributed by atoms with Crippen molar-refractivity contribution in [3.63, 3.8) is 0 Å². The van der Waals surface area contributed by atoms with E-state index in [9.17, 15) is 24.5 Å². The third-order valence-corrected chi connectivity index (χ3v) is 9.33. The fourth-order valence-electron chi connectivity index (χ4n) is 5.23. The summed E-state index contributed by atoms with van der Waals surface area (Å²) in [6, 6.07) is 13.7. The summed E-state index contributed by atoms with van der Waals surface area (Å²) >= 11 is 10.4. The van der Waals surface area contributed by atoms with Crippen molar-refractivity contribution in [2.45, 2.75) is 33.4 Å². The van der Waals surface area contributed by atoms with Crippen molar-refractivity contribution in [1.82, 2.24) is 4.57 Å². The van der Waals surface area contributed by atoms with Gasteiger partial charge in [-0.1, -0.05) is 41.1 Å². The van der Waals surface area contributed by atoms with Crippen LogP contribution in [0.4, 0.5) is 5.69 Å². The number of carbonyl (C=O) groups excluding carboxylic acids is 2. The van der Waals surface area contributed by atoms with Gasteiger partial charge in [-0.05, 0) is 89.8 Å². The van der Waals surface area contributed by atoms with Crippen molar-refractivity contribution in [2.75, 3.05) is 26.9 Å². The topological polar surface area (TPSA) is 158 Å². The fourth-order valence-corrected chi connectivity index (χ4v) is 6.99. The van der Waals surface area contributed by atoms with Gasteiger partial charge in [-0.15, -0.1) is 0 Å². The molecule has 4 aromatic rings. The van der Waals surface area contributed by atoms with E-state index in [1.165, 1.54) is 23.8 Å². The highest BCUT2D eigenvalue weighted by atomic mass is 79.9. The average molecular weight is 801 g/mol. The molecule has 16 heteroatoms. The first kappa shape index (κ1) is 37.3. The lowest BCUT2D eigenvalue weighted by Gasteiger charge is -2.25. The molecular weight excluding hydrogens is 770 g/mol. The van der Waals surface area contributed by atoms with Gasteiger partial charge in [0.05, 0.1) is 51.6 Å². The number of nitro benzene ring substituents is 1. The van der Waals surface area contributed by atoms with Gasteiger partial charge in [-0.3, -0.25) is 19.5 Å². The predicted molar refractivity (Wildman–Crippen MR) is 192 cm³/mol. The van der Waals surface area contributed by atoms with Gasteiger partial charge in [0, 0.05) is 11.1 Å². The number of fused-ring (bicyclic) bond motifs is 1. The predicted octanol–water partition coefficient (Wildman–Crippen LogP) is 5.65. The molecule has 51 heavy (non-hydrogen) atoms. The lowest BCUT2D eigenvalue weighted by Crippen LogP contribution is -2.40. The molecule has 2 heterocycles. The van der Waals surface area contributed by atoms with E-state index < -0.39 is 28.5 Å². The summed E-state index contributed by atoms with van der Waals surface area (Å²) in [5, 5.41) is 12.7. The number of rotatable bonds is 13. The Labute approximate surface area is 308 Å². The van der Waals surface area contributed by atoms with Crippen LogP contribution in [0.1, 0.15) is 43.5 Å². The lowest BCUT2D eigenvalue weighted by atomic mass is 9.95. The number of halogens is 2. The van der Waals surface area contributed by atoms with E-state index in [0.29, 0.717) is 31.1 Å². The van der Waals surface area contributed by atoms with Gasteiger partial charge in [-0.2, -0.15) is 0 Å². The Morgan fingerprint density at radius 1 is 1.06 bits per heavy atom. The molecule has 1 atom stereocenters. The summed E-state index contributed by atoms with van der Waals surface area (Å²) in [4.78, 5) is 55.8. The Balaban J connectivity index is 1.60. The van der Waals surface area contributed by atoms with E-state index >= 15 is 0 Å². The Morgan fingerprint density at radius 3 is 2.47 bits per heavy atom. The number of carbonyl (C=O) groups is 2. The maximum atomic E-state index is 14.2. The van der Waals surface area contributed by atoms with E-state index in [1.807, 2.05) is 0 Å². The minimum atomic E-state index is -0.985. The summed E-state index contributed by atoms with van der Waals surface area (Å²) in [5.74, 6) is -0.698. The van der Waals surface area contributed by atoms with Crippen molar-refractivity contribution in [1.29, 1.82) is 0 Å². The molecule has 0 unspecified atom stereocenters. The number of nitrogens with zero attached hydrogens (tertiary/aromatic N) is 3. The number of hydrogen-bond donors (Lipinski definition) is 0. The number of thiazole rings is 1. The summed E-state index contributed by atoms with van der Waals surface area (Å²) in [6.07, 6.45) is 1.51. The molecule has 0 aliphatic carbocycles. The van der Waals surface area contributed by atoms with Gasteiger partial charge in [0.15, 0.2) is 22.9 Å². The third-order valence-electron chi connectivity index (χ3n) is 7.51. The fraction of sp³-hybridized carbons (Fsp3) is 0.257. The van der Waals surface area contributed by atoms with Crippen LogP contribution in [0.2, 0.25) is 5.02 Å². The zero-order valence-corrected chi connectivity index (χ0v) is 30.9. The van der Waals surface area contributed by atoms with E-state index in [-0.39, 0.29) is 59.5 Å². The number of aromatic nitrogens is 1. The summed E-state index contributed by atoms with van der Waals surface area (Å²) in [5.41, 5.74) is 1.26. The van der Waals surface area contributed by atoms with Crippen LogP contribution in [-0.4, -0.2) is 48.4 Å². The Hall–Kier alpha value is -4.99. The average Bonchev–Trinajstić information content (AvgIpc) is 3.40. The molecule has 0 radical (unpaired) electrons. The van der Waals surface area contributed by atoms with Crippen LogP contribution in [0.15, 0.2) is 80.1 Å². The van der Waals surface area contributed by atoms with E-state index in [4.69, 9.17) is 30.5 Å². The number of methoxy groups -OCH3 is 1. The van der Waals surface area contributed by atoms with E-state index in [2.05, 4.69) is 25.7 Å². The largest absolute Gasteiger partial charge is 0.490 e. The molecule has 0 bridgehead atoms. The Bertz CT molecular complexity index is 2220. The van der Waals surface area contributed by atoms with Crippen molar-refractivity contribution in [2.24, 2.45) is 4.99 Å². The van der Waals surface area contributed by atoms with Gasteiger partial charge in [0.2, 0.25) is 5.75 Å². The maximum absolute atomic E-state index is 14.2. The number of ether oxygens (including phenoxy) is 5. The van der Waals surface area contributed by atoms with Crippen LogP contribution in [0.5, 0.6) is 17.2 Å². The van der Waals surface area contributed by atoms with Crippen LogP contribution in [0, 0.1) is 10.1 Å². The monoisotopic (exact) mass is 799 g/mol. The SMILES string of the molecule is CCOC(=O)C1=C(C)N=c2s/c(=C/c3cc(Br)c(OCc4ccc(Cl)cc4)c([N+](=O)[O-])c3)c(=O)n2[C@@H]1c1ccc(OCC(=O)OC)c(OCC)c1. The second kappa shape index (κ2) is 16.4.